The van der Waals surface area contributed by atoms with Gasteiger partial charge in [0, 0.05) is 11.1 Å². The molecular weight excluding hydrogens is 845 g/mol. The third kappa shape index (κ3) is 10.8. The molecule has 8 aromatic carbocycles. The minimum Gasteiger partial charge on any atom is -0.497 e. The maximum atomic E-state index is 13.4. The average molecular weight is 889 g/mol. The van der Waals surface area contributed by atoms with Crippen LogP contribution in [-0.4, -0.2) is 36.8 Å². The van der Waals surface area contributed by atoms with Crippen molar-refractivity contribution in [1.29, 1.82) is 0 Å². The fraction of sp³-hybridized carbons (Fsp3) is 0.0755. The zero-order valence-electron chi connectivity index (χ0n) is 35.5. The number of methoxy groups -OCH3 is 2. The number of ketones is 1. The van der Waals surface area contributed by atoms with Gasteiger partial charge in [-0.25, -0.2) is 16.8 Å². The Balaban J connectivity index is 0.000000301. The largest absolute Gasteiger partial charge is 0.497 e. The molecule has 0 N–H and O–H groups in total. The summed E-state index contributed by atoms with van der Waals surface area (Å²) in [5.41, 5.74) is 5.18. The van der Waals surface area contributed by atoms with E-state index < -0.39 is 19.7 Å². The van der Waals surface area contributed by atoms with Crippen LogP contribution in [0, 0.1) is 13.8 Å². The van der Waals surface area contributed by atoms with Crippen molar-refractivity contribution in [2.45, 2.75) is 33.4 Å². The molecule has 8 rings (SSSR count). The van der Waals surface area contributed by atoms with E-state index in [4.69, 9.17) is 18.9 Å². The summed E-state index contributed by atoms with van der Waals surface area (Å²) in [6, 6.07) is 55.1. The lowest BCUT2D eigenvalue weighted by molar-refractivity contribution is 0.103. The lowest BCUT2D eigenvalue weighted by Crippen LogP contribution is -2.02. The molecule has 0 saturated carbocycles. The smallest absolute Gasteiger partial charge is 0.206 e. The number of carbonyl (C=O) groups is 1. The van der Waals surface area contributed by atoms with Crippen molar-refractivity contribution in [3.63, 3.8) is 0 Å². The molecular formula is C53H44O9S2. The maximum Gasteiger partial charge on any atom is 0.206 e. The summed E-state index contributed by atoms with van der Waals surface area (Å²) >= 11 is 0. The van der Waals surface area contributed by atoms with Gasteiger partial charge in [0.15, 0.2) is 5.78 Å². The Kier molecular flexibility index (Phi) is 13.7. The van der Waals surface area contributed by atoms with Crippen LogP contribution in [0.15, 0.2) is 214 Å². The third-order valence-electron chi connectivity index (χ3n) is 10.1. The minimum absolute atomic E-state index is 0.0349. The lowest BCUT2D eigenvalue weighted by Gasteiger charge is -2.10. The van der Waals surface area contributed by atoms with Gasteiger partial charge in [-0.2, -0.15) is 0 Å². The molecule has 0 atom stereocenters. The number of hydrogen-bond acceptors (Lipinski definition) is 9. The van der Waals surface area contributed by atoms with E-state index in [1.165, 1.54) is 55.6 Å². The first-order chi connectivity index (χ1) is 30.8. The molecule has 0 radical (unpaired) electrons. The average Bonchev–Trinajstić information content (AvgIpc) is 3.33. The van der Waals surface area contributed by atoms with Crippen LogP contribution in [0.4, 0.5) is 0 Å². The number of carbonyl (C=O) groups excluding carboxylic acids is 1. The van der Waals surface area contributed by atoms with Crippen LogP contribution in [0.25, 0.3) is 11.1 Å². The molecule has 9 nitrogen and oxygen atoms in total. The summed E-state index contributed by atoms with van der Waals surface area (Å²) in [6.45, 7) is 4.02. The molecule has 0 fully saturated rings. The number of hydrogen-bond donors (Lipinski definition) is 0. The highest BCUT2D eigenvalue weighted by atomic mass is 32.2. The van der Waals surface area contributed by atoms with Gasteiger partial charge in [-0.05, 0) is 158 Å². The highest BCUT2D eigenvalue weighted by molar-refractivity contribution is 7.91. The first-order valence-corrected chi connectivity index (χ1v) is 23.0. The number of benzene rings is 8. The van der Waals surface area contributed by atoms with Gasteiger partial charge < -0.3 is 18.9 Å². The molecule has 0 unspecified atom stereocenters. The molecule has 11 heteroatoms. The van der Waals surface area contributed by atoms with Crippen LogP contribution in [0.1, 0.15) is 27.0 Å². The van der Waals surface area contributed by atoms with E-state index in [0.29, 0.717) is 34.1 Å². The third-order valence-corrected chi connectivity index (χ3v) is 13.7. The second kappa shape index (κ2) is 19.7. The molecule has 322 valence electrons. The van der Waals surface area contributed by atoms with E-state index in [9.17, 15) is 21.6 Å². The molecule has 64 heavy (non-hydrogen) atoms. The van der Waals surface area contributed by atoms with Crippen molar-refractivity contribution in [3.05, 3.63) is 216 Å². The molecule has 0 spiro atoms. The van der Waals surface area contributed by atoms with Crippen molar-refractivity contribution in [2.75, 3.05) is 14.2 Å². The fourth-order valence-corrected chi connectivity index (χ4v) is 8.96. The van der Waals surface area contributed by atoms with Gasteiger partial charge in [0.2, 0.25) is 19.7 Å². The first kappa shape index (κ1) is 44.6. The molecule has 8 aromatic rings. The highest BCUT2D eigenvalue weighted by Crippen LogP contribution is 2.31. The summed E-state index contributed by atoms with van der Waals surface area (Å²) in [5, 5.41) is 0. The molecule has 0 heterocycles. The standard InChI is InChI=1S/C38H30O7S2.C15H14O2/c1-27-3-9-31(10-4-27)44-32-11-13-33(14-12-32)45-34-17-25-38(26-18-34)47(41,42)36-21-7-29(8-22-36)28-5-19-35(20-6-28)46(39,40)37-23-15-30(43-2)16-24-37;1-11-3-5-12(6-4-11)15(16)13-7-9-14(17-2)10-8-13/h3-26H,1-2H3;3-10H,1-2H3. The first-order valence-electron chi connectivity index (χ1n) is 20.0. The van der Waals surface area contributed by atoms with Crippen LogP contribution < -0.4 is 18.9 Å². The zero-order chi connectivity index (χ0) is 45.3. The monoisotopic (exact) mass is 888 g/mol. The second-order valence-electron chi connectivity index (χ2n) is 14.6. The Morgan fingerprint density at radius 1 is 0.328 bits per heavy atom. The van der Waals surface area contributed by atoms with Crippen LogP contribution in [0.2, 0.25) is 0 Å². The summed E-state index contributed by atoms with van der Waals surface area (Å²) in [6.07, 6.45) is 0. The quantitative estimate of drug-likeness (QED) is 0.104. The van der Waals surface area contributed by atoms with Crippen molar-refractivity contribution < 1.29 is 40.6 Å². The predicted octanol–water partition coefficient (Wildman–Crippen LogP) is 12.2. The minimum atomic E-state index is -3.79. The van der Waals surface area contributed by atoms with Crippen LogP contribution in [0.5, 0.6) is 34.5 Å². The molecule has 0 aliphatic rings. The topological polar surface area (TPSA) is 122 Å². The van der Waals surface area contributed by atoms with E-state index in [1.54, 1.807) is 104 Å². The Labute approximate surface area is 374 Å². The number of sulfone groups is 2. The number of aryl methyl sites for hydroxylation is 2. The SMILES string of the molecule is COc1ccc(C(=O)c2ccc(C)cc2)cc1.COc1ccc(S(=O)(=O)c2ccc(-c3ccc(S(=O)(=O)c4ccc(Oc5ccc(Oc6ccc(C)cc6)cc5)cc4)cc3)cc2)cc1. The summed E-state index contributed by atoms with van der Waals surface area (Å²) in [5.74, 6) is 3.84. The van der Waals surface area contributed by atoms with Crippen LogP contribution >= 0.6 is 0 Å². The predicted molar refractivity (Wildman–Crippen MR) is 248 cm³/mol. The van der Waals surface area contributed by atoms with Crippen LogP contribution in [0.3, 0.4) is 0 Å². The molecule has 0 aliphatic heterocycles. The van der Waals surface area contributed by atoms with E-state index in [0.717, 1.165) is 33.8 Å². The maximum absolute atomic E-state index is 13.4. The second-order valence-corrected chi connectivity index (χ2v) is 18.5. The molecule has 0 amide bonds. The Bertz CT molecular complexity index is 3040. The van der Waals surface area contributed by atoms with Gasteiger partial charge in [-0.15, -0.1) is 0 Å². The van der Waals surface area contributed by atoms with Crippen molar-refractivity contribution in [2.24, 2.45) is 0 Å². The van der Waals surface area contributed by atoms with Gasteiger partial charge in [-0.1, -0.05) is 71.8 Å². The van der Waals surface area contributed by atoms with Crippen molar-refractivity contribution >= 4 is 25.5 Å². The van der Waals surface area contributed by atoms with Gasteiger partial charge in [-0.3, -0.25) is 4.79 Å². The zero-order valence-corrected chi connectivity index (χ0v) is 37.1. The lowest BCUT2D eigenvalue weighted by atomic mass is 10.0. The highest BCUT2D eigenvalue weighted by Gasteiger charge is 2.20. The van der Waals surface area contributed by atoms with E-state index in [2.05, 4.69) is 0 Å². The summed E-state index contributed by atoms with van der Waals surface area (Å²) in [4.78, 5) is 12.7. The Morgan fingerprint density at radius 2 is 0.562 bits per heavy atom. The molecule has 0 saturated heterocycles. The Morgan fingerprint density at radius 3 is 0.891 bits per heavy atom. The number of rotatable bonds is 13. The van der Waals surface area contributed by atoms with Crippen molar-refractivity contribution in [3.8, 4) is 45.6 Å². The molecule has 0 aliphatic carbocycles. The number of ether oxygens (including phenoxy) is 4. The normalized spacial score (nSPS) is 11.1. The van der Waals surface area contributed by atoms with E-state index >= 15 is 0 Å². The van der Waals surface area contributed by atoms with E-state index in [-0.39, 0.29) is 25.4 Å². The van der Waals surface area contributed by atoms with E-state index in [1.807, 2.05) is 62.4 Å². The molecule has 0 bridgehead atoms. The van der Waals surface area contributed by atoms with Gasteiger partial charge in [0.1, 0.15) is 34.5 Å². The summed E-state index contributed by atoms with van der Waals surface area (Å²) < 4.78 is 74.7. The molecule has 0 aromatic heterocycles. The Hall–Kier alpha value is -7.47. The van der Waals surface area contributed by atoms with Crippen LogP contribution in [-0.2, 0) is 19.7 Å². The van der Waals surface area contributed by atoms with Gasteiger partial charge >= 0.3 is 0 Å². The van der Waals surface area contributed by atoms with Crippen molar-refractivity contribution in [1.82, 2.24) is 0 Å². The fourth-order valence-electron chi connectivity index (χ4n) is 6.44. The van der Waals surface area contributed by atoms with Gasteiger partial charge in [0.05, 0.1) is 33.8 Å². The summed E-state index contributed by atoms with van der Waals surface area (Å²) in [7, 11) is -4.37. The van der Waals surface area contributed by atoms with Gasteiger partial charge in [0.25, 0.3) is 0 Å².